The highest BCUT2D eigenvalue weighted by atomic mass is 16.6. The minimum atomic E-state index is -0.229. The number of fused-ring (bicyclic) bond motifs is 1. The molecule has 0 aliphatic heterocycles. The number of carbonyl (C=O) groups is 2. The van der Waals surface area contributed by atoms with E-state index < -0.39 is 0 Å². The average molecular weight is 502 g/mol. The third-order valence-corrected chi connectivity index (χ3v) is 5.51. The maximum absolute atomic E-state index is 12.7. The summed E-state index contributed by atoms with van der Waals surface area (Å²) in [6.07, 6.45) is 6.97. The Hall–Kier alpha value is -2.89. The molecule has 2 atom stereocenters. The van der Waals surface area contributed by atoms with Gasteiger partial charge in [-0.1, -0.05) is 25.2 Å². The Morgan fingerprint density at radius 3 is 2.31 bits per heavy atom. The molecule has 2 aromatic rings. The molecule has 1 aliphatic carbocycles. The number of anilines is 1. The van der Waals surface area contributed by atoms with Gasteiger partial charge in [0.05, 0.1) is 76.5 Å². The van der Waals surface area contributed by atoms with Gasteiger partial charge in [-0.2, -0.15) is 0 Å². The molecule has 196 valence electrons. The number of nitrogens with zero attached hydrogens (tertiary/aromatic N) is 1. The predicted octanol–water partition coefficient (Wildman–Crippen LogP) is 2.92. The van der Waals surface area contributed by atoms with Crippen LogP contribution in [0.3, 0.4) is 0 Å². The van der Waals surface area contributed by atoms with Crippen molar-refractivity contribution in [3.8, 4) is 0 Å². The van der Waals surface area contributed by atoms with Gasteiger partial charge < -0.3 is 34.0 Å². The van der Waals surface area contributed by atoms with E-state index in [9.17, 15) is 9.59 Å². The van der Waals surface area contributed by atoms with Crippen LogP contribution in [-0.2, 0) is 28.5 Å². The molecule has 2 N–H and O–H groups in total. The molecule has 36 heavy (non-hydrogen) atoms. The van der Waals surface area contributed by atoms with Crippen LogP contribution in [0.4, 0.5) is 5.69 Å². The number of hydrogen-bond donors (Lipinski definition) is 2. The zero-order valence-electron chi connectivity index (χ0n) is 21.1. The summed E-state index contributed by atoms with van der Waals surface area (Å²) in [7, 11) is 1.64. The smallest absolute Gasteiger partial charge is 0.255 e. The van der Waals surface area contributed by atoms with E-state index in [1.54, 1.807) is 31.5 Å². The van der Waals surface area contributed by atoms with Crippen LogP contribution in [0, 0.1) is 5.92 Å². The molecule has 0 radical (unpaired) electrons. The Kier molecular flexibility index (Phi) is 11.2. The lowest BCUT2D eigenvalue weighted by Crippen LogP contribution is -2.25. The van der Waals surface area contributed by atoms with Crippen LogP contribution in [0.5, 0.6) is 0 Å². The molecule has 3 rings (SSSR count). The van der Waals surface area contributed by atoms with Gasteiger partial charge in [0.2, 0.25) is 0 Å². The van der Waals surface area contributed by atoms with Gasteiger partial charge in [0.25, 0.3) is 5.91 Å². The van der Waals surface area contributed by atoms with Crippen LogP contribution in [0.2, 0.25) is 0 Å². The highest BCUT2D eigenvalue weighted by Crippen LogP contribution is 2.22. The number of aromatic amines is 1. The van der Waals surface area contributed by atoms with Crippen LogP contribution < -0.4 is 5.32 Å². The molecule has 1 amide bonds. The molecule has 10 nitrogen and oxygen atoms in total. The number of methoxy groups -OCH3 is 1. The summed E-state index contributed by atoms with van der Waals surface area (Å²) in [6, 6.07) is 3.51. The van der Waals surface area contributed by atoms with Crippen molar-refractivity contribution < 1.29 is 33.3 Å². The van der Waals surface area contributed by atoms with Crippen molar-refractivity contribution in [2.24, 2.45) is 5.92 Å². The lowest BCUT2D eigenvalue weighted by Gasteiger charge is -2.23. The number of hydrogen-bond acceptors (Lipinski definition) is 8. The maximum Gasteiger partial charge on any atom is 0.255 e. The largest absolute Gasteiger partial charge is 0.382 e. The van der Waals surface area contributed by atoms with Crippen molar-refractivity contribution in [2.45, 2.75) is 20.0 Å². The molecule has 0 saturated heterocycles. The van der Waals surface area contributed by atoms with E-state index >= 15 is 0 Å². The summed E-state index contributed by atoms with van der Waals surface area (Å²) in [6.45, 7) is 7.58. The van der Waals surface area contributed by atoms with Gasteiger partial charge in [0, 0.05) is 30.9 Å². The second-order valence-corrected chi connectivity index (χ2v) is 8.36. The van der Waals surface area contributed by atoms with Crippen molar-refractivity contribution in [1.82, 2.24) is 9.97 Å². The predicted molar refractivity (Wildman–Crippen MR) is 135 cm³/mol. The Balaban J connectivity index is 1.33. The van der Waals surface area contributed by atoms with E-state index in [-0.39, 0.29) is 23.7 Å². The zero-order valence-corrected chi connectivity index (χ0v) is 21.1. The summed E-state index contributed by atoms with van der Waals surface area (Å²) in [5, 5.41) is 3.62. The molecule has 2 unspecified atom stereocenters. The van der Waals surface area contributed by atoms with Crippen molar-refractivity contribution in [3.63, 3.8) is 0 Å². The monoisotopic (exact) mass is 501 g/mol. The first-order valence-electron chi connectivity index (χ1n) is 12.0. The fraction of sp³-hybridized carbons (Fsp3) is 0.500. The van der Waals surface area contributed by atoms with Gasteiger partial charge in [-0.05, 0) is 12.1 Å². The van der Waals surface area contributed by atoms with Gasteiger partial charge in [-0.25, -0.2) is 4.98 Å². The third kappa shape index (κ3) is 8.65. The highest BCUT2D eigenvalue weighted by Gasteiger charge is 2.20. The Morgan fingerprint density at radius 2 is 1.67 bits per heavy atom. The average Bonchev–Trinajstić information content (AvgIpc) is 3.29. The number of ketones is 1. The lowest BCUT2D eigenvalue weighted by atomic mass is 9.94. The molecule has 2 heterocycles. The number of ether oxygens (including phenoxy) is 5. The molecular formula is C26H35N3O7. The van der Waals surface area contributed by atoms with E-state index in [4.69, 9.17) is 23.7 Å². The van der Waals surface area contributed by atoms with Gasteiger partial charge in [-0.15, -0.1) is 0 Å². The summed E-state index contributed by atoms with van der Waals surface area (Å²) < 4.78 is 27.1. The molecule has 0 saturated carbocycles. The first kappa shape index (κ1) is 27.7. The number of Topliss-reactive ketones (excluding diaryl/α,β-unsaturated/α-hetero) is 1. The van der Waals surface area contributed by atoms with Crippen LogP contribution >= 0.6 is 0 Å². The number of amides is 1. The zero-order chi connectivity index (χ0) is 25.8. The minimum Gasteiger partial charge on any atom is -0.382 e. The van der Waals surface area contributed by atoms with Crippen molar-refractivity contribution in [1.29, 1.82) is 0 Å². The number of rotatable bonds is 16. The first-order valence-corrected chi connectivity index (χ1v) is 12.0. The quantitative estimate of drug-likeness (QED) is 0.266. The Labute approximate surface area is 211 Å². The van der Waals surface area contributed by atoms with Crippen molar-refractivity contribution >= 4 is 28.4 Å². The topological polar surface area (TPSA) is 121 Å². The van der Waals surface area contributed by atoms with Gasteiger partial charge >= 0.3 is 0 Å². The summed E-state index contributed by atoms with van der Waals surface area (Å²) in [5.41, 5.74) is 2.20. The van der Waals surface area contributed by atoms with E-state index in [1.807, 2.05) is 19.1 Å². The van der Waals surface area contributed by atoms with Crippen LogP contribution in [-0.4, -0.2) is 87.7 Å². The minimum absolute atomic E-state index is 0.0283. The number of H-pyrrole nitrogens is 1. The molecule has 0 spiro atoms. The molecule has 0 bridgehead atoms. The van der Waals surface area contributed by atoms with Crippen LogP contribution in [0.25, 0.3) is 11.0 Å². The van der Waals surface area contributed by atoms with E-state index in [1.165, 1.54) is 6.92 Å². The molecular weight excluding hydrogens is 466 g/mol. The second kappa shape index (κ2) is 14.6. The van der Waals surface area contributed by atoms with E-state index in [2.05, 4.69) is 15.3 Å². The van der Waals surface area contributed by atoms with Crippen LogP contribution in [0.1, 0.15) is 24.3 Å². The SMILES string of the molecule is COCCOCCOCCOCCOC1C=CC(C(=O)Nc2cnc3[nH]c(C(C)=O)cc3c2)=CC1C. The molecule has 10 heteroatoms. The molecule has 1 aliphatic rings. The van der Waals surface area contributed by atoms with Gasteiger partial charge in [-0.3, -0.25) is 9.59 Å². The molecule has 0 fully saturated rings. The lowest BCUT2D eigenvalue weighted by molar-refractivity contribution is -0.112. The highest BCUT2D eigenvalue weighted by molar-refractivity contribution is 6.06. The molecule has 0 aromatic carbocycles. The van der Waals surface area contributed by atoms with Crippen molar-refractivity contribution in [3.05, 3.63) is 47.8 Å². The summed E-state index contributed by atoms with van der Waals surface area (Å²) in [5.74, 6) is -0.272. The number of pyridine rings is 1. The van der Waals surface area contributed by atoms with E-state index in [0.717, 1.165) is 5.39 Å². The van der Waals surface area contributed by atoms with E-state index in [0.29, 0.717) is 75.5 Å². The van der Waals surface area contributed by atoms with Gasteiger partial charge in [0.1, 0.15) is 5.65 Å². The number of nitrogens with one attached hydrogen (secondary N) is 2. The second-order valence-electron chi connectivity index (χ2n) is 8.36. The Morgan fingerprint density at radius 1 is 1.00 bits per heavy atom. The number of aromatic nitrogens is 2. The summed E-state index contributed by atoms with van der Waals surface area (Å²) in [4.78, 5) is 31.5. The standard InChI is InChI=1S/C26H35N3O7/c1-18-14-20(26(31)28-22-15-21-16-23(19(2)30)29-25(21)27-17-22)4-5-24(18)36-13-12-35-11-10-34-9-8-33-7-6-32-3/h4-5,14-18,24H,6-13H2,1-3H3,(H,27,29)(H,28,31). The maximum atomic E-state index is 12.7. The van der Waals surface area contributed by atoms with Crippen LogP contribution in [0.15, 0.2) is 42.1 Å². The fourth-order valence-corrected chi connectivity index (χ4v) is 3.57. The normalized spacial score (nSPS) is 17.4. The van der Waals surface area contributed by atoms with Crippen molar-refractivity contribution in [2.75, 3.05) is 65.3 Å². The first-order chi connectivity index (χ1) is 17.5. The molecule has 2 aromatic heterocycles. The van der Waals surface area contributed by atoms with Gasteiger partial charge in [0.15, 0.2) is 5.78 Å². The fourth-order valence-electron chi connectivity index (χ4n) is 3.57. The third-order valence-electron chi connectivity index (χ3n) is 5.51. The summed E-state index contributed by atoms with van der Waals surface area (Å²) >= 11 is 0. The Bertz CT molecular complexity index is 1060. The number of carbonyl (C=O) groups excluding carboxylic acids is 2.